The molecular weight excluding hydrogens is 516 g/mol. The minimum absolute atomic E-state index is 0.245. The molecule has 1 atom stereocenters. The van der Waals surface area contributed by atoms with Gasteiger partial charge >= 0.3 is 0 Å². The third kappa shape index (κ3) is 6.01. The van der Waals surface area contributed by atoms with Crippen LogP contribution in [-0.2, 0) is 11.8 Å². The monoisotopic (exact) mass is 546 g/mol. The zero-order valence-corrected chi connectivity index (χ0v) is 23.2. The van der Waals surface area contributed by atoms with Crippen molar-refractivity contribution in [2.75, 3.05) is 24.9 Å². The van der Waals surface area contributed by atoms with Crippen molar-refractivity contribution in [3.63, 3.8) is 0 Å². The van der Waals surface area contributed by atoms with E-state index >= 15 is 0 Å². The van der Waals surface area contributed by atoms with Crippen LogP contribution >= 0.6 is 11.8 Å². The van der Waals surface area contributed by atoms with E-state index < -0.39 is 5.25 Å². The van der Waals surface area contributed by atoms with Crippen LogP contribution in [0.2, 0.25) is 0 Å². The largest absolute Gasteiger partial charge is 0.493 e. The number of benzene rings is 3. The van der Waals surface area contributed by atoms with Gasteiger partial charge in [-0.2, -0.15) is 0 Å². The standard InChI is InChI=1S/C29H30N4O5S/c1-18-26(29(36)33(32(18)3)22-11-7-6-8-12-22)31-27(34)19(2)39-23-13-9-10-21(17-23)30-28(35)20-14-15-24(37-4)25(16-20)38-5/h6-17,19H,1-5H3,(H,30,35)(H,31,34). The lowest BCUT2D eigenvalue weighted by atomic mass is 10.2. The Hall–Kier alpha value is -4.44. The van der Waals surface area contributed by atoms with Crippen LogP contribution in [0.15, 0.2) is 82.5 Å². The van der Waals surface area contributed by atoms with Crippen LogP contribution in [0.3, 0.4) is 0 Å². The Morgan fingerprint density at radius 2 is 1.62 bits per heavy atom. The molecule has 10 heteroatoms. The molecule has 1 heterocycles. The molecule has 9 nitrogen and oxygen atoms in total. The molecule has 2 amide bonds. The van der Waals surface area contributed by atoms with Crippen LogP contribution in [0.25, 0.3) is 5.69 Å². The maximum Gasteiger partial charge on any atom is 0.295 e. The van der Waals surface area contributed by atoms with Gasteiger partial charge in [-0.1, -0.05) is 24.3 Å². The number of hydrogen-bond donors (Lipinski definition) is 2. The van der Waals surface area contributed by atoms with Crippen molar-refractivity contribution in [3.05, 3.63) is 94.4 Å². The second kappa shape index (κ2) is 12.0. The molecule has 39 heavy (non-hydrogen) atoms. The van der Waals surface area contributed by atoms with Crippen LogP contribution in [0.1, 0.15) is 23.0 Å². The molecule has 0 aliphatic carbocycles. The molecule has 0 spiro atoms. The van der Waals surface area contributed by atoms with Crippen molar-refractivity contribution >= 4 is 35.0 Å². The molecule has 1 unspecified atom stereocenters. The molecule has 0 fully saturated rings. The third-order valence-corrected chi connectivity index (χ3v) is 7.32. The van der Waals surface area contributed by atoms with Gasteiger partial charge in [0.15, 0.2) is 11.5 Å². The first kappa shape index (κ1) is 27.6. The molecule has 0 saturated heterocycles. The predicted molar refractivity (Wildman–Crippen MR) is 154 cm³/mol. The molecule has 1 aromatic heterocycles. The van der Waals surface area contributed by atoms with Gasteiger partial charge in [-0.05, 0) is 62.4 Å². The van der Waals surface area contributed by atoms with E-state index in [1.165, 1.54) is 30.7 Å². The van der Waals surface area contributed by atoms with E-state index in [2.05, 4.69) is 10.6 Å². The first-order valence-electron chi connectivity index (χ1n) is 12.2. The summed E-state index contributed by atoms with van der Waals surface area (Å²) in [7, 11) is 4.82. The highest BCUT2D eigenvalue weighted by Crippen LogP contribution is 2.29. The SMILES string of the molecule is COc1ccc(C(=O)Nc2cccc(SC(C)C(=O)Nc3c(C)n(C)n(-c4ccccc4)c3=O)c2)cc1OC. The minimum Gasteiger partial charge on any atom is -0.493 e. The number of methoxy groups -OCH3 is 2. The van der Waals surface area contributed by atoms with Gasteiger partial charge in [-0.3, -0.25) is 19.1 Å². The normalized spacial score (nSPS) is 11.5. The highest BCUT2D eigenvalue weighted by Gasteiger charge is 2.22. The van der Waals surface area contributed by atoms with Crippen molar-refractivity contribution in [3.8, 4) is 17.2 Å². The molecular formula is C29H30N4O5S. The number of ether oxygens (including phenoxy) is 2. The second-order valence-corrected chi connectivity index (χ2v) is 10.2. The Morgan fingerprint density at radius 1 is 0.897 bits per heavy atom. The molecule has 0 radical (unpaired) electrons. The summed E-state index contributed by atoms with van der Waals surface area (Å²) in [6.45, 7) is 3.56. The fourth-order valence-electron chi connectivity index (χ4n) is 4.02. The van der Waals surface area contributed by atoms with E-state index in [0.717, 1.165) is 4.90 Å². The Kier molecular flexibility index (Phi) is 8.46. The molecule has 0 aliphatic rings. The average Bonchev–Trinajstić information content (AvgIpc) is 3.15. The zero-order chi connectivity index (χ0) is 28.1. The number of aromatic nitrogens is 2. The summed E-state index contributed by atoms with van der Waals surface area (Å²) in [5.74, 6) is 0.381. The van der Waals surface area contributed by atoms with Crippen LogP contribution in [0.5, 0.6) is 11.5 Å². The maximum absolute atomic E-state index is 13.1. The van der Waals surface area contributed by atoms with Crippen molar-refractivity contribution in [2.45, 2.75) is 24.0 Å². The van der Waals surface area contributed by atoms with Crippen molar-refractivity contribution in [1.82, 2.24) is 9.36 Å². The number of carbonyl (C=O) groups excluding carboxylic acids is 2. The average molecular weight is 547 g/mol. The first-order chi connectivity index (χ1) is 18.7. The number of para-hydroxylation sites is 1. The fourth-order valence-corrected chi connectivity index (χ4v) is 4.95. The lowest BCUT2D eigenvalue weighted by Crippen LogP contribution is -2.27. The molecule has 0 saturated carbocycles. The summed E-state index contributed by atoms with van der Waals surface area (Å²) in [5.41, 5.74) is 2.30. The molecule has 2 N–H and O–H groups in total. The summed E-state index contributed by atoms with van der Waals surface area (Å²) in [5, 5.41) is 5.18. The number of rotatable bonds is 9. The lowest BCUT2D eigenvalue weighted by molar-refractivity contribution is -0.115. The highest BCUT2D eigenvalue weighted by atomic mass is 32.2. The smallest absolute Gasteiger partial charge is 0.295 e. The van der Waals surface area contributed by atoms with Crippen LogP contribution < -0.4 is 25.7 Å². The number of nitrogens with one attached hydrogen (secondary N) is 2. The van der Waals surface area contributed by atoms with Crippen LogP contribution in [0, 0.1) is 6.92 Å². The Morgan fingerprint density at radius 3 is 2.31 bits per heavy atom. The summed E-state index contributed by atoms with van der Waals surface area (Å²) >= 11 is 1.32. The van der Waals surface area contributed by atoms with E-state index in [4.69, 9.17) is 9.47 Å². The third-order valence-electron chi connectivity index (χ3n) is 6.22. The van der Waals surface area contributed by atoms with Crippen LogP contribution in [-0.4, -0.2) is 40.6 Å². The number of anilines is 2. The number of nitrogens with zero attached hydrogens (tertiary/aromatic N) is 2. The van der Waals surface area contributed by atoms with Gasteiger partial charge in [0.25, 0.3) is 11.5 Å². The second-order valence-electron chi connectivity index (χ2n) is 8.74. The summed E-state index contributed by atoms with van der Waals surface area (Å²) < 4.78 is 13.7. The topological polar surface area (TPSA) is 104 Å². The van der Waals surface area contributed by atoms with Crippen molar-refractivity contribution < 1.29 is 19.1 Å². The summed E-state index contributed by atoms with van der Waals surface area (Å²) in [6, 6.07) is 21.4. The fraction of sp³-hybridized carbons (Fsp3) is 0.207. The predicted octanol–water partition coefficient (Wildman–Crippen LogP) is 4.87. The molecule has 4 aromatic rings. The minimum atomic E-state index is -0.508. The van der Waals surface area contributed by atoms with Gasteiger partial charge in [-0.25, -0.2) is 4.68 Å². The summed E-state index contributed by atoms with van der Waals surface area (Å²) in [6.07, 6.45) is 0. The lowest BCUT2D eigenvalue weighted by Gasteiger charge is -2.13. The van der Waals surface area contributed by atoms with Gasteiger partial charge in [0, 0.05) is 23.2 Å². The Bertz CT molecular complexity index is 1560. The number of amides is 2. The first-order valence-corrected chi connectivity index (χ1v) is 13.1. The maximum atomic E-state index is 13.1. The number of thioether (sulfide) groups is 1. The van der Waals surface area contributed by atoms with Gasteiger partial charge < -0.3 is 20.1 Å². The Labute approximate surface area is 230 Å². The van der Waals surface area contributed by atoms with Crippen molar-refractivity contribution in [2.24, 2.45) is 7.05 Å². The Balaban J connectivity index is 1.45. The number of hydrogen-bond acceptors (Lipinski definition) is 6. The zero-order valence-electron chi connectivity index (χ0n) is 22.3. The van der Waals surface area contributed by atoms with E-state index in [0.29, 0.717) is 34.1 Å². The number of carbonyl (C=O) groups is 2. The van der Waals surface area contributed by atoms with Gasteiger partial charge in [0.1, 0.15) is 5.69 Å². The van der Waals surface area contributed by atoms with Crippen molar-refractivity contribution in [1.29, 1.82) is 0 Å². The van der Waals surface area contributed by atoms with Gasteiger partial charge in [0.2, 0.25) is 5.91 Å². The van der Waals surface area contributed by atoms with E-state index in [1.54, 1.807) is 62.0 Å². The van der Waals surface area contributed by atoms with E-state index in [9.17, 15) is 14.4 Å². The molecule has 202 valence electrons. The van der Waals surface area contributed by atoms with E-state index in [1.807, 2.05) is 36.4 Å². The van der Waals surface area contributed by atoms with Crippen LogP contribution in [0.4, 0.5) is 11.4 Å². The molecule has 4 rings (SSSR count). The summed E-state index contributed by atoms with van der Waals surface area (Å²) in [4.78, 5) is 39.8. The highest BCUT2D eigenvalue weighted by molar-refractivity contribution is 8.00. The molecule has 3 aromatic carbocycles. The molecule has 0 aliphatic heterocycles. The van der Waals surface area contributed by atoms with Gasteiger partial charge in [0.05, 0.1) is 30.9 Å². The van der Waals surface area contributed by atoms with E-state index in [-0.39, 0.29) is 23.1 Å². The van der Waals surface area contributed by atoms with Gasteiger partial charge in [-0.15, -0.1) is 11.8 Å². The quantitative estimate of drug-likeness (QED) is 0.290. The molecule has 0 bridgehead atoms.